The predicted molar refractivity (Wildman–Crippen MR) is 52.0 cm³/mol. The fourth-order valence-electron chi connectivity index (χ4n) is 2.06. The summed E-state index contributed by atoms with van der Waals surface area (Å²) in [6, 6.07) is 0. The normalized spacial score (nSPS) is 31.5. The summed E-state index contributed by atoms with van der Waals surface area (Å²) in [5, 5.41) is 12.6. The molecule has 1 heterocycles. The van der Waals surface area contributed by atoms with E-state index in [9.17, 15) is 13.6 Å². The number of nitrogens with zero attached hydrogens (tertiary/aromatic N) is 1. The summed E-state index contributed by atoms with van der Waals surface area (Å²) < 4.78 is 22.9. The first-order valence-corrected chi connectivity index (χ1v) is 6.07. The molecule has 0 N–H and O–H groups in total. The Labute approximate surface area is 79.4 Å². The van der Waals surface area contributed by atoms with Crippen LogP contribution in [-0.2, 0) is 9.84 Å². The van der Waals surface area contributed by atoms with E-state index in [0.717, 1.165) is 5.06 Å². The minimum atomic E-state index is -3.07. The van der Waals surface area contributed by atoms with Crippen LogP contribution in [0.15, 0.2) is 0 Å². The van der Waals surface area contributed by atoms with E-state index in [0.29, 0.717) is 0 Å². The van der Waals surface area contributed by atoms with Gasteiger partial charge in [0.05, 0.1) is 11.5 Å². The maximum atomic E-state index is 11.7. The average molecular weight is 206 g/mol. The Kier molecular flexibility index (Phi) is 2.26. The topological polar surface area (TPSA) is 60.4 Å². The Morgan fingerprint density at radius 3 is 1.69 bits per heavy atom. The molecule has 0 aromatic carbocycles. The van der Waals surface area contributed by atoms with Crippen LogP contribution >= 0.6 is 0 Å². The van der Waals surface area contributed by atoms with Gasteiger partial charge in [-0.25, -0.2) is 8.42 Å². The predicted octanol–water partition coefficient (Wildman–Crippen LogP) is 0.772. The van der Waals surface area contributed by atoms with Crippen LogP contribution in [0.25, 0.3) is 0 Å². The van der Waals surface area contributed by atoms with Crippen molar-refractivity contribution in [3.8, 4) is 0 Å². The molecule has 0 bridgehead atoms. The maximum Gasteiger partial charge on any atom is 0.153 e. The van der Waals surface area contributed by atoms with Crippen LogP contribution < -0.4 is 0 Å². The molecule has 1 aliphatic heterocycles. The quantitative estimate of drug-likeness (QED) is 0.587. The van der Waals surface area contributed by atoms with Gasteiger partial charge in [-0.2, -0.15) is 0 Å². The summed E-state index contributed by atoms with van der Waals surface area (Å²) in [4.78, 5) is 0. The van der Waals surface area contributed by atoms with E-state index in [1.54, 1.807) is 27.7 Å². The molecule has 0 spiro atoms. The van der Waals surface area contributed by atoms with E-state index in [-0.39, 0.29) is 11.5 Å². The molecule has 0 aliphatic carbocycles. The molecule has 0 saturated carbocycles. The Balaban J connectivity index is 3.10. The summed E-state index contributed by atoms with van der Waals surface area (Å²) in [6.45, 7) is 6.66. The minimum Gasteiger partial charge on any atom is -0.784 e. The molecule has 0 aromatic heterocycles. The van der Waals surface area contributed by atoms with Gasteiger partial charge in [-0.15, -0.1) is 0 Å². The first-order chi connectivity index (χ1) is 5.57. The molecule has 5 heteroatoms. The van der Waals surface area contributed by atoms with E-state index < -0.39 is 20.9 Å². The lowest BCUT2D eigenvalue weighted by atomic mass is 9.99. The van der Waals surface area contributed by atoms with Crippen molar-refractivity contribution in [2.75, 3.05) is 11.5 Å². The van der Waals surface area contributed by atoms with Gasteiger partial charge < -0.3 is 10.3 Å². The van der Waals surface area contributed by atoms with Crippen molar-refractivity contribution in [2.24, 2.45) is 0 Å². The van der Waals surface area contributed by atoms with Gasteiger partial charge in [-0.1, -0.05) is 0 Å². The number of hydroxylamine groups is 2. The summed E-state index contributed by atoms with van der Waals surface area (Å²) in [7, 11) is -3.07. The van der Waals surface area contributed by atoms with Crippen molar-refractivity contribution in [1.29, 1.82) is 0 Å². The highest BCUT2D eigenvalue weighted by atomic mass is 32.2. The molecular weight excluding hydrogens is 190 g/mol. The van der Waals surface area contributed by atoms with Crippen molar-refractivity contribution >= 4 is 9.84 Å². The zero-order valence-corrected chi connectivity index (χ0v) is 9.31. The zero-order chi connectivity index (χ0) is 10.5. The van der Waals surface area contributed by atoms with Crippen LogP contribution in [0.2, 0.25) is 0 Å². The highest BCUT2D eigenvalue weighted by Gasteiger charge is 2.42. The molecular formula is C8H16NO3S-. The van der Waals surface area contributed by atoms with Crippen molar-refractivity contribution in [3.63, 3.8) is 0 Å². The molecule has 1 rings (SSSR count). The third kappa shape index (κ3) is 2.03. The maximum absolute atomic E-state index is 11.7. The third-order valence-electron chi connectivity index (χ3n) is 2.25. The van der Waals surface area contributed by atoms with Gasteiger partial charge in [-0.05, 0) is 27.7 Å². The molecule has 1 aliphatic rings. The Hall–Kier alpha value is -0.130. The van der Waals surface area contributed by atoms with E-state index in [4.69, 9.17) is 0 Å². The van der Waals surface area contributed by atoms with Gasteiger partial charge in [0.15, 0.2) is 9.84 Å². The summed E-state index contributed by atoms with van der Waals surface area (Å²) >= 11 is 0. The Bertz CT molecular complexity index is 281. The van der Waals surface area contributed by atoms with Gasteiger partial charge in [0.1, 0.15) is 0 Å². The monoisotopic (exact) mass is 206 g/mol. The molecule has 13 heavy (non-hydrogen) atoms. The van der Waals surface area contributed by atoms with Crippen molar-refractivity contribution in [2.45, 2.75) is 38.8 Å². The van der Waals surface area contributed by atoms with Crippen molar-refractivity contribution in [1.82, 2.24) is 5.06 Å². The smallest absolute Gasteiger partial charge is 0.153 e. The second kappa shape index (κ2) is 2.68. The fraction of sp³-hybridized carbons (Fsp3) is 1.00. The molecule has 0 unspecified atom stereocenters. The molecule has 1 fully saturated rings. The lowest BCUT2D eigenvalue weighted by Gasteiger charge is -2.57. The zero-order valence-electron chi connectivity index (χ0n) is 8.49. The lowest BCUT2D eigenvalue weighted by Crippen LogP contribution is -2.62. The Morgan fingerprint density at radius 2 is 1.38 bits per heavy atom. The first-order valence-electron chi connectivity index (χ1n) is 4.25. The van der Waals surface area contributed by atoms with Crippen molar-refractivity contribution in [3.05, 3.63) is 5.21 Å². The van der Waals surface area contributed by atoms with Crippen LogP contribution in [0.5, 0.6) is 0 Å². The minimum absolute atomic E-state index is 0.0487. The first kappa shape index (κ1) is 10.9. The van der Waals surface area contributed by atoms with E-state index in [1.807, 2.05) is 0 Å². The number of sulfone groups is 1. The van der Waals surface area contributed by atoms with Gasteiger partial charge in [-0.3, -0.25) is 0 Å². The lowest BCUT2D eigenvalue weighted by molar-refractivity contribution is 0.0902. The van der Waals surface area contributed by atoms with Gasteiger partial charge in [0.25, 0.3) is 0 Å². The molecule has 0 atom stereocenters. The molecule has 0 radical (unpaired) electrons. The van der Waals surface area contributed by atoms with Crippen LogP contribution in [0.4, 0.5) is 0 Å². The third-order valence-corrected chi connectivity index (χ3v) is 4.54. The van der Waals surface area contributed by atoms with Crippen LogP contribution in [0, 0.1) is 5.21 Å². The summed E-state index contributed by atoms with van der Waals surface area (Å²) in [5.41, 5.74) is -1.61. The highest BCUT2D eigenvalue weighted by molar-refractivity contribution is 7.91. The molecule has 0 aromatic rings. The summed E-state index contributed by atoms with van der Waals surface area (Å²) in [6.07, 6.45) is 0. The SMILES string of the molecule is CC1(C)CS(=O)(=O)CC(C)(C)N1[O-]. The Morgan fingerprint density at radius 1 is 1.08 bits per heavy atom. The fourth-order valence-corrected chi connectivity index (χ4v) is 4.55. The van der Waals surface area contributed by atoms with E-state index in [2.05, 4.69) is 0 Å². The number of hydrogen-bond acceptors (Lipinski definition) is 4. The van der Waals surface area contributed by atoms with Crippen molar-refractivity contribution < 1.29 is 8.42 Å². The molecule has 0 amide bonds. The van der Waals surface area contributed by atoms with Crippen LogP contribution in [0.3, 0.4) is 0 Å². The second-order valence-corrected chi connectivity index (χ2v) is 7.02. The highest BCUT2D eigenvalue weighted by Crippen LogP contribution is 2.32. The molecule has 4 nitrogen and oxygen atoms in total. The summed E-state index contributed by atoms with van der Waals surface area (Å²) in [5.74, 6) is -0.0974. The number of rotatable bonds is 0. The van der Waals surface area contributed by atoms with Crippen LogP contribution in [0.1, 0.15) is 27.7 Å². The molecule has 78 valence electrons. The number of hydrogen-bond donors (Lipinski definition) is 0. The molecule has 1 saturated heterocycles. The average Bonchev–Trinajstić information content (AvgIpc) is 1.77. The largest absolute Gasteiger partial charge is 0.784 e. The second-order valence-electron chi connectivity index (χ2n) is 4.95. The van der Waals surface area contributed by atoms with Crippen LogP contribution in [-0.4, -0.2) is 36.1 Å². The van der Waals surface area contributed by atoms with E-state index >= 15 is 0 Å². The van der Waals surface area contributed by atoms with Gasteiger partial charge >= 0.3 is 0 Å². The van der Waals surface area contributed by atoms with E-state index in [1.165, 1.54) is 0 Å². The van der Waals surface area contributed by atoms with Gasteiger partial charge in [0, 0.05) is 11.1 Å². The van der Waals surface area contributed by atoms with Gasteiger partial charge in [0.2, 0.25) is 0 Å². The standard InChI is InChI=1S/C8H16NO3S/c1-7(2)5-13(11,12)6-8(3,4)9(7)10/h5-6H2,1-4H3/q-1.